The molecular weight excluding hydrogens is 312 g/mol. The average molecular weight is 338 g/mol. The first kappa shape index (κ1) is 17.9. The minimum Gasteiger partial charge on any atom is -0.376 e. The molecule has 1 heterocycles. The number of urea groups is 1. The number of ether oxygens (including phenoxy) is 1. The van der Waals surface area contributed by atoms with Gasteiger partial charge in [0.2, 0.25) is 0 Å². The maximum atomic E-state index is 12.5. The van der Waals surface area contributed by atoms with Gasteiger partial charge < -0.3 is 15.0 Å². The van der Waals surface area contributed by atoms with Gasteiger partial charge in [0, 0.05) is 47.3 Å². The largest absolute Gasteiger partial charge is 0.376 e. The van der Waals surface area contributed by atoms with Gasteiger partial charge in [-0.1, -0.05) is 6.92 Å². The second-order valence-electron chi connectivity index (χ2n) is 5.84. The fraction of sp³-hybridized carbons (Fsp3) is 0.588. The minimum absolute atomic E-state index is 0.105. The van der Waals surface area contributed by atoms with E-state index in [-0.39, 0.29) is 12.1 Å². The zero-order valence-corrected chi connectivity index (χ0v) is 14.7. The summed E-state index contributed by atoms with van der Waals surface area (Å²) in [6, 6.07) is 7.03. The zero-order chi connectivity index (χ0) is 16.7. The van der Waals surface area contributed by atoms with Gasteiger partial charge in [-0.2, -0.15) is 0 Å². The molecule has 5 nitrogen and oxygen atoms in total. The van der Waals surface area contributed by atoms with Crippen molar-refractivity contribution in [3.8, 4) is 0 Å². The van der Waals surface area contributed by atoms with Gasteiger partial charge >= 0.3 is 6.03 Å². The Balaban J connectivity index is 1.95. The highest BCUT2D eigenvalue weighted by Crippen LogP contribution is 2.16. The van der Waals surface area contributed by atoms with Crippen molar-refractivity contribution in [2.24, 2.45) is 0 Å². The summed E-state index contributed by atoms with van der Waals surface area (Å²) in [7, 11) is -1.01. The van der Waals surface area contributed by atoms with Crippen LogP contribution in [0.1, 0.15) is 32.6 Å². The number of anilines is 1. The number of nitrogens with one attached hydrogen (secondary N) is 1. The van der Waals surface area contributed by atoms with E-state index in [0.29, 0.717) is 13.1 Å². The van der Waals surface area contributed by atoms with E-state index >= 15 is 0 Å². The van der Waals surface area contributed by atoms with Gasteiger partial charge in [0.15, 0.2) is 0 Å². The van der Waals surface area contributed by atoms with Crippen LogP contribution in [-0.2, 0) is 15.5 Å². The third-order valence-corrected chi connectivity index (χ3v) is 4.85. The number of benzene rings is 1. The Morgan fingerprint density at radius 1 is 1.35 bits per heavy atom. The molecule has 0 saturated carbocycles. The lowest BCUT2D eigenvalue weighted by molar-refractivity contribution is 0.00162. The van der Waals surface area contributed by atoms with Gasteiger partial charge in [0.1, 0.15) is 0 Å². The first-order valence-electron chi connectivity index (χ1n) is 8.21. The van der Waals surface area contributed by atoms with Crippen molar-refractivity contribution in [3.63, 3.8) is 0 Å². The van der Waals surface area contributed by atoms with Crippen LogP contribution in [0.5, 0.6) is 0 Å². The Morgan fingerprint density at radius 2 is 2.09 bits per heavy atom. The van der Waals surface area contributed by atoms with E-state index in [9.17, 15) is 9.00 Å². The van der Waals surface area contributed by atoms with E-state index in [2.05, 4.69) is 12.2 Å². The molecule has 1 aromatic carbocycles. The Labute approximate surface area is 140 Å². The molecule has 23 heavy (non-hydrogen) atoms. The lowest BCUT2D eigenvalue weighted by atomic mass is 10.1. The summed E-state index contributed by atoms with van der Waals surface area (Å²) >= 11 is 0. The van der Waals surface area contributed by atoms with Crippen LogP contribution in [0, 0.1) is 0 Å². The third-order valence-electron chi connectivity index (χ3n) is 3.92. The Morgan fingerprint density at radius 3 is 2.65 bits per heavy atom. The SMILES string of the molecule is CCCN(C[C@@H]1CCCCO1)C(=O)Nc1ccc([S@@](C)=O)cc1. The van der Waals surface area contributed by atoms with E-state index in [1.165, 1.54) is 6.42 Å². The molecule has 2 amide bonds. The quantitative estimate of drug-likeness (QED) is 0.866. The molecule has 1 aromatic rings. The Bertz CT molecular complexity index is 527. The molecule has 0 unspecified atom stereocenters. The Kier molecular flexibility index (Phi) is 7.05. The number of hydrogen-bond acceptors (Lipinski definition) is 3. The summed E-state index contributed by atoms with van der Waals surface area (Å²) in [5.41, 5.74) is 0.717. The van der Waals surface area contributed by atoms with Crippen LogP contribution in [0.15, 0.2) is 29.2 Å². The number of amides is 2. The molecule has 1 aliphatic rings. The average Bonchev–Trinajstić information content (AvgIpc) is 2.56. The molecule has 6 heteroatoms. The summed E-state index contributed by atoms with van der Waals surface area (Å²) in [6.45, 7) is 4.20. The van der Waals surface area contributed by atoms with Crippen LogP contribution in [0.4, 0.5) is 10.5 Å². The molecule has 0 aromatic heterocycles. The predicted molar refractivity (Wildman–Crippen MR) is 93.2 cm³/mol. The predicted octanol–water partition coefficient (Wildman–Crippen LogP) is 3.24. The van der Waals surface area contributed by atoms with E-state index < -0.39 is 10.8 Å². The second kappa shape index (κ2) is 9.03. The van der Waals surface area contributed by atoms with Crippen LogP contribution in [0.25, 0.3) is 0 Å². The maximum absolute atomic E-state index is 12.5. The zero-order valence-electron chi connectivity index (χ0n) is 13.9. The molecule has 0 radical (unpaired) electrons. The molecule has 1 saturated heterocycles. The number of carbonyl (C=O) groups excluding carboxylic acids is 1. The second-order valence-corrected chi connectivity index (χ2v) is 7.22. The van der Waals surface area contributed by atoms with E-state index in [1.54, 1.807) is 30.5 Å². The monoisotopic (exact) mass is 338 g/mol. The normalized spacial score (nSPS) is 19.1. The van der Waals surface area contributed by atoms with E-state index in [1.807, 2.05) is 4.90 Å². The van der Waals surface area contributed by atoms with Gasteiger partial charge in [-0.05, 0) is 49.9 Å². The summed E-state index contributed by atoms with van der Waals surface area (Å²) in [6.07, 6.45) is 5.99. The maximum Gasteiger partial charge on any atom is 0.321 e. The molecule has 0 aliphatic carbocycles. The van der Waals surface area contributed by atoms with Crippen molar-refractivity contribution in [2.75, 3.05) is 31.3 Å². The lowest BCUT2D eigenvalue weighted by Gasteiger charge is -2.30. The fourth-order valence-corrected chi connectivity index (χ4v) is 3.19. The van der Waals surface area contributed by atoms with Crippen molar-refractivity contribution in [3.05, 3.63) is 24.3 Å². The van der Waals surface area contributed by atoms with E-state index in [4.69, 9.17) is 4.74 Å². The molecule has 1 aliphatic heterocycles. The topological polar surface area (TPSA) is 58.6 Å². The highest BCUT2D eigenvalue weighted by molar-refractivity contribution is 7.84. The van der Waals surface area contributed by atoms with Crippen LogP contribution in [-0.4, -0.2) is 47.2 Å². The summed E-state index contributed by atoms with van der Waals surface area (Å²) in [5.74, 6) is 0. The molecule has 128 valence electrons. The lowest BCUT2D eigenvalue weighted by Crippen LogP contribution is -2.42. The van der Waals surface area contributed by atoms with Crippen molar-refractivity contribution >= 4 is 22.5 Å². The molecule has 0 spiro atoms. The molecule has 0 bridgehead atoms. The van der Waals surface area contributed by atoms with Gasteiger partial charge in [-0.25, -0.2) is 4.79 Å². The molecule has 1 fully saturated rings. The fourth-order valence-electron chi connectivity index (χ4n) is 2.68. The molecular formula is C17H26N2O3S. The number of nitrogens with zero attached hydrogens (tertiary/aromatic N) is 1. The molecule has 1 N–H and O–H groups in total. The highest BCUT2D eigenvalue weighted by atomic mass is 32.2. The molecule has 2 atom stereocenters. The summed E-state index contributed by atoms with van der Waals surface area (Å²) < 4.78 is 17.1. The minimum atomic E-state index is -1.01. The van der Waals surface area contributed by atoms with E-state index in [0.717, 1.165) is 36.5 Å². The smallest absolute Gasteiger partial charge is 0.321 e. The van der Waals surface area contributed by atoms with Crippen molar-refractivity contribution in [1.82, 2.24) is 4.90 Å². The molecule has 2 rings (SSSR count). The highest BCUT2D eigenvalue weighted by Gasteiger charge is 2.21. The van der Waals surface area contributed by atoms with Crippen molar-refractivity contribution in [2.45, 2.75) is 43.6 Å². The third kappa shape index (κ3) is 5.62. The van der Waals surface area contributed by atoms with Crippen molar-refractivity contribution < 1.29 is 13.7 Å². The van der Waals surface area contributed by atoms with Gasteiger partial charge in [0.05, 0.1) is 6.10 Å². The standard InChI is InChI=1S/C17H26N2O3S/c1-3-11-19(13-15-6-4-5-12-22-15)17(20)18-14-7-9-16(10-8-14)23(2)21/h7-10,15H,3-6,11-13H2,1-2H3,(H,18,20)/t15-,23+/m0/s1. The number of hydrogen-bond donors (Lipinski definition) is 1. The number of rotatable bonds is 6. The Hall–Kier alpha value is -1.40. The first-order valence-corrected chi connectivity index (χ1v) is 9.77. The number of carbonyl (C=O) groups is 1. The van der Waals surface area contributed by atoms with Gasteiger partial charge in [-0.15, -0.1) is 0 Å². The van der Waals surface area contributed by atoms with Crippen LogP contribution in [0.3, 0.4) is 0 Å². The summed E-state index contributed by atoms with van der Waals surface area (Å²) in [5, 5.41) is 2.92. The first-order chi connectivity index (χ1) is 11.1. The van der Waals surface area contributed by atoms with Crippen molar-refractivity contribution in [1.29, 1.82) is 0 Å². The van der Waals surface area contributed by atoms with Gasteiger partial charge in [-0.3, -0.25) is 4.21 Å². The van der Waals surface area contributed by atoms with Crippen LogP contribution in [0.2, 0.25) is 0 Å². The summed E-state index contributed by atoms with van der Waals surface area (Å²) in [4.78, 5) is 15.1. The van der Waals surface area contributed by atoms with Crippen LogP contribution >= 0.6 is 0 Å². The van der Waals surface area contributed by atoms with Crippen LogP contribution < -0.4 is 5.32 Å². The van der Waals surface area contributed by atoms with Gasteiger partial charge in [0.25, 0.3) is 0 Å².